The molecule has 1 aromatic heterocycles. The average molecular weight is 451 g/mol. The highest BCUT2D eigenvalue weighted by atomic mass is 16.5. The Hall–Kier alpha value is -2.48. The Morgan fingerprint density at radius 2 is 1.75 bits per heavy atom. The number of hydrogen-bond donors (Lipinski definition) is 1. The number of Topliss-reactive ketones (excluding diaryl/α,β-unsaturated/α-hetero) is 1. The number of aliphatic hydroxyl groups excluding tert-OH is 1. The SMILES string of the molecule is CCOC(=O)CCCOc1cccnc1N(CCCCCC(C)=O)C(=O)CCCCCO. The highest BCUT2D eigenvalue weighted by molar-refractivity contribution is 5.93. The van der Waals surface area contributed by atoms with Crippen LogP contribution in [0.5, 0.6) is 5.75 Å². The largest absolute Gasteiger partial charge is 0.490 e. The lowest BCUT2D eigenvalue weighted by Gasteiger charge is -2.24. The summed E-state index contributed by atoms with van der Waals surface area (Å²) >= 11 is 0. The first-order valence-corrected chi connectivity index (χ1v) is 11.6. The fourth-order valence-electron chi connectivity index (χ4n) is 3.20. The predicted octanol–water partition coefficient (Wildman–Crippen LogP) is 3.84. The van der Waals surface area contributed by atoms with Gasteiger partial charge in [0.2, 0.25) is 5.91 Å². The average Bonchev–Trinajstić information content (AvgIpc) is 2.77. The van der Waals surface area contributed by atoms with Crippen LogP contribution in [0.15, 0.2) is 18.3 Å². The van der Waals surface area contributed by atoms with E-state index < -0.39 is 0 Å². The van der Waals surface area contributed by atoms with Crippen LogP contribution in [0, 0.1) is 0 Å². The molecule has 32 heavy (non-hydrogen) atoms. The second-order valence-corrected chi connectivity index (χ2v) is 7.67. The van der Waals surface area contributed by atoms with E-state index in [2.05, 4.69) is 4.98 Å². The number of aliphatic hydroxyl groups is 1. The molecule has 1 aromatic rings. The predicted molar refractivity (Wildman–Crippen MR) is 123 cm³/mol. The van der Waals surface area contributed by atoms with Crippen molar-refractivity contribution in [1.82, 2.24) is 4.98 Å². The zero-order valence-corrected chi connectivity index (χ0v) is 19.5. The number of amides is 1. The topological polar surface area (TPSA) is 106 Å². The van der Waals surface area contributed by atoms with E-state index in [1.54, 1.807) is 37.1 Å². The summed E-state index contributed by atoms with van der Waals surface area (Å²) in [6.45, 7) is 4.64. The third-order valence-electron chi connectivity index (χ3n) is 4.86. The van der Waals surface area contributed by atoms with Gasteiger partial charge in [-0.2, -0.15) is 0 Å². The highest BCUT2D eigenvalue weighted by Gasteiger charge is 2.20. The molecule has 8 nitrogen and oxygen atoms in total. The van der Waals surface area contributed by atoms with E-state index in [0.29, 0.717) is 63.4 Å². The van der Waals surface area contributed by atoms with Crippen molar-refractivity contribution < 1.29 is 29.0 Å². The van der Waals surface area contributed by atoms with Gasteiger partial charge in [-0.3, -0.25) is 14.5 Å². The second kappa shape index (κ2) is 17.1. The third-order valence-corrected chi connectivity index (χ3v) is 4.86. The molecule has 0 radical (unpaired) electrons. The van der Waals surface area contributed by atoms with Crippen molar-refractivity contribution in [1.29, 1.82) is 0 Å². The minimum atomic E-state index is -0.257. The smallest absolute Gasteiger partial charge is 0.305 e. The molecule has 0 saturated carbocycles. The number of carbonyl (C=O) groups is 3. The summed E-state index contributed by atoms with van der Waals surface area (Å²) < 4.78 is 10.8. The zero-order chi connectivity index (χ0) is 23.6. The molecule has 1 rings (SSSR count). The molecule has 0 aliphatic carbocycles. The maximum atomic E-state index is 13.0. The molecule has 180 valence electrons. The molecule has 8 heteroatoms. The lowest BCUT2D eigenvalue weighted by molar-refractivity contribution is -0.143. The minimum absolute atomic E-state index is 0.0374. The first kappa shape index (κ1) is 27.6. The standard InChI is InChI=1S/C24H38N2O6/c1-3-31-23(30)15-11-19-32-21-13-10-16-25-24(21)26(17-8-4-6-12-20(2)28)22(29)14-7-5-9-18-27/h10,13,16,27H,3-9,11-12,14-15,17-19H2,1-2H3. The molecule has 0 spiro atoms. The van der Waals surface area contributed by atoms with Gasteiger partial charge >= 0.3 is 5.97 Å². The number of hydrogen-bond acceptors (Lipinski definition) is 7. The number of esters is 1. The molecule has 0 aliphatic rings. The molecule has 1 amide bonds. The van der Waals surface area contributed by atoms with Crippen LogP contribution in [0.1, 0.15) is 78.1 Å². The molecule has 1 N–H and O–H groups in total. The molecule has 0 bridgehead atoms. The van der Waals surface area contributed by atoms with Crippen molar-refractivity contribution >= 4 is 23.5 Å². The van der Waals surface area contributed by atoms with Gasteiger partial charge in [-0.1, -0.05) is 12.8 Å². The number of anilines is 1. The first-order valence-electron chi connectivity index (χ1n) is 11.6. The van der Waals surface area contributed by atoms with Crippen molar-refractivity contribution in [3.63, 3.8) is 0 Å². The third kappa shape index (κ3) is 11.8. The molecule has 1 heterocycles. The van der Waals surface area contributed by atoms with Crippen molar-refractivity contribution in [2.45, 2.75) is 78.1 Å². The van der Waals surface area contributed by atoms with Gasteiger partial charge in [0.05, 0.1) is 13.2 Å². The van der Waals surface area contributed by atoms with Crippen LogP contribution in [0.4, 0.5) is 5.82 Å². The van der Waals surface area contributed by atoms with Crippen LogP contribution in [-0.4, -0.2) is 54.1 Å². The van der Waals surface area contributed by atoms with Gasteiger partial charge in [0.1, 0.15) is 5.78 Å². The van der Waals surface area contributed by atoms with Crippen LogP contribution >= 0.6 is 0 Å². The summed E-state index contributed by atoms with van der Waals surface area (Å²) in [4.78, 5) is 41.7. The lowest BCUT2D eigenvalue weighted by atomic mass is 10.1. The van der Waals surface area contributed by atoms with E-state index in [0.717, 1.165) is 25.7 Å². The normalized spacial score (nSPS) is 10.6. The first-order chi connectivity index (χ1) is 15.5. The van der Waals surface area contributed by atoms with Gasteiger partial charge in [-0.25, -0.2) is 4.98 Å². The Bertz CT molecular complexity index is 695. The molecule has 0 unspecified atom stereocenters. The quantitative estimate of drug-likeness (QED) is 0.267. The van der Waals surface area contributed by atoms with E-state index in [1.807, 2.05) is 0 Å². The molecule has 0 fully saturated rings. The van der Waals surface area contributed by atoms with Gasteiger partial charge in [-0.15, -0.1) is 0 Å². The Labute approximate surface area is 191 Å². The zero-order valence-electron chi connectivity index (χ0n) is 19.5. The summed E-state index contributed by atoms with van der Waals surface area (Å²) in [5.74, 6) is 0.855. The number of aromatic nitrogens is 1. The van der Waals surface area contributed by atoms with Gasteiger partial charge in [-0.05, 0) is 58.1 Å². The molecule has 0 saturated heterocycles. The van der Waals surface area contributed by atoms with Crippen LogP contribution in [0.3, 0.4) is 0 Å². The van der Waals surface area contributed by atoms with E-state index in [1.165, 1.54) is 0 Å². The fraction of sp³-hybridized carbons (Fsp3) is 0.667. The van der Waals surface area contributed by atoms with E-state index in [9.17, 15) is 14.4 Å². The molecule has 0 aromatic carbocycles. The number of nitrogens with zero attached hydrogens (tertiary/aromatic N) is 2. The monoisotopic (exact) mass is 450 g/mol. The molecular formula is C24H38N2O6. The summed E-state index contributed by atoms with van der Waals surface area (Å²) in [7, 11) is 0. The Morgan fingerprint density at radius 3 is 2.47 bits per heavy atom. The van der Waals surface area contributed by atoms with Crippen LogP contribution in [0.2, 0.25) is 0 Å². The van der Waals surface area contributed by atoms with Gasteiger partial charge in [0, 0.05) is 38.6 Å². The number of ketones is 1. The van der Waals surface area contributed by atoms with Crippen molar-refractivity contribution in [3.8, 4) is 5.75 Å². The Morgan fingerprint density at radius 1 is 1.00 bits per heavy atom. The van der Waals surface area contributed by atoms with Crippen LogP contribution in [0.25, 0.3) is 0 Å². The summed E-state index contributed by atoms with van der Waals surface area (Å²) in [6.07, 6.45) is 7.88. The highest BCUT2D eigenvalue weighted by Crippen LogP contribution is 2.27. The van der Waals surface area contributed by atoms with E-state index >= 15 is 0 Å². The van der Waals surface area contributed by atoms with E-state index in [-0.39, 0.29) is 30.7 Å². The van der Waals surface area contributed by atoms with Crippen LogP contribution < -0.4 is 9.64 Å². The number of carbonyl (C=O) groups excluding carboxylic acids is 3. The Balaban J connectivity index is 2.76. The van der Waals surface area contributed by atoms with Crippen LogP contribution in [-0.2, 0) is 19.1 Å². The number of ether oxygens (including phenoxy) is 2. The van der Waals surface area contributed by atoms with E-state index in [4.69, 9.17) is 14.6 Å². The second-order valence-electron chi connectivity index (χ2n) is 7.67. The molecule has 0 aliphatic heterocycles. The van der Waals surface area contributed by atoms with Gasteiger partial charge in [0.25, 0.3) is 0 Å². The summed E-state index contributed by atoms with van der Waals surface area (Å²) in [6, 6.07) is 3.52. The summed E-state index contributed by atoms with van der Waals surface area (Å²) in [5.41, 5.74) is 0. The number of pyridine rings is 1. The Kier molecular flexibility index (Phi) is 14.7. The number of rotatable bonds is 18. The van der Waals surface area contributed by atoms with Gasteiger partial charge in [0.15, 0.2) is 11.6 Å². The van der Waals surface area contributed by atoms with Crippen molar-refractivity contribution in [2.75, 3.05) is 31.3 Å². The lowest BCUT2D eigenvalue weighted by Crippen LogP contribution is -2.33. The minimum Gasteiger partial charge on any atom is -0.490 e. The molecular weight excluding hydrogens is 412 g/mol. The number of unbranched alkanes of at least 4 members (excludes halogenated alkanes) is 4. The van der Waals surface area contributed by atoms with Crippen molar-refractivity contribution in [2.24, 2.45) is 0 Å². The molecule has 0 atom stereocenters. The maximum Gasteiger partial charge on any atom is 0.305 e. The summed E-state index contributed by atoms with van der Waals surface area (Å²) in [5, 5.41) is 8.95. The van der Waals surface area contributed by atoms with Crippen molar-refractivity contribution in [3.05, 3.63) is 18.3 Å². The fourth-order valence-corrected chi connectivity index (χ4v) is 3.20. The maximum absolute atomic E-state index is 13.0. The van der Waals surface area contributed by atoms with Gasteiger partial charge < -0.3 is 19.4 Å².